The number of hydrogen-bond acceptors (Lipinski definition) is 3. The molecule has 5 heteroatoms. The van der Waals surface area contributed by atoms with Crippen molar-refractivity contribution in [2.45, 2.75) is 9.79 Å². The van der Waals surface area contributed by atoms with Crippen molar-refractivity contribution < 1.29 is 8.42 Å². The number of rotatable bonds is 2. The smallest absolute Gasteiger partial charge is 0.206 e. The van der Waals surface area contributed by atoms with Gasteiger partial charge in [0.2, 0.25) is 9.84 Å². The number of nitrogens with two attached hydrogens (primary N) is 1. The van der Waals surface area contributed by atoms with Crippen molar-refractivity contribution in [1.29, 1.82) is 0 Å². The molecule has 2 rings (SSSR count). The Hall–Kier alpha value is -1.52. The Bertz CT molecular complexity index is 639. The summed E-state index contributed by atoms with van der Waals surface area (Å²) in [6, 6.07) is 12.5. The zero-order valence-corrected chi connectivity index (χ0v) is 10.4. The lowest BCUT2D eigenvalue weighted by Crippen LogP contribution is -2.02. The van der Waals surface area contributed by atoms with Crippen LogP contribution in [0, 0.1) is 0 Å². The molecule has 0 atom stereocenters. The van der Waals surface area contributed by atoms with Crippen molar-refractivity contribution >= 4 is 27.1 Å². The Morgan fingerprint density at radius 1 is 0.941 bits per heavy atom. The molecule has 0 unspecified atom stereocenters. The zero-order chi connectivity index (χ0) is 12.5. The van der Waals surface area contributed by atoms with Gasteiger partial charge in [-0.1, -0.05) is 29.8 Å². The second-order valence-electron chi connectivity index (χ2n) is 3.50. The summed E-state index contributed by atoms with van der Waals surface area (Å²) in [6.07, 6.45) is 0. The summed E-state index contributed by atoms with van der Waals surface area (Å²) >= 11 is 5.76. The van der Waals surface area contributed by atoms with Crippen LogP contribution in [0.4, 0.5) is 5.69 Å². The minimum Gasteiger partial charge on any atom is -0.397 e. The first-order valence-electron chi connectivity index (χ1n) is 4.87. The van der Waals surface area contributed by atoms with Crippen molar-refractivity contribution in [3.63, 3.8) is 0 Å². The molecule has 3 nitrogen and oxygen atoms in total. The fourth-order valence-corrected chi connectivity index (χ4v) is 2.86. The molecule has 0 spiro atoms. The first-order chi connectivity index (χ1) is 8.01. The van der Waals surface area contributed by atoms with Gasteiger partial charge in [-0.3, -0.25) is 0 Å². The van der Waals surface area contributed by atoms with Crippen molar-refractivity contribution in [2.75, 3.05) is 5.73 Å². The third-order valence-electron chi connectivity index (χ3n) is 2.33. The maximum Gasteiger partial charge on any atom is 0.206 e. The first kappa shape index (κ1) is 12.0. The van der Waals surface area contributed by atoms with Gasteiger partial charge in [-0.05, 0) is 30.3 Å². The van der Waals surface area contributed by atoms with E-state index in [2.05, 4.69) is 0 Å². The van der Waals surface area contributed by atoms with Gasteiger partial charge in [0, 0.05) is 0 Å². The van der Waals surface area contributed by atoms with Crippen LogP contribution < -0.4 is 5.73 Å². The van der Waals surface area contributed by atoms with E-state index in [9.17, 15) is 8.42 Å². The summed E-state index contributed by atoms with van der Waals surface area (Å²) in [5, 5.41) is 0.344. The zero-order valence-electron chi connectivity index (χ0n) is 8.80. The lowest BCUT2D eigenvalue weighted by atomic mass is 10.3. The van der Waals surface area contributed by atoms with E-state index in [1.807, 2.05) is 0 Å². The minimum atomic E-state index is -3.52. The van der Waals surface area contributed by atoms with Gasteiger partial charge in [0.05, 0.1) is 20.5 Å². The van der Waals surface area contributed by atoms with Crippen LogP contribution in [0.3, 0.4) is 0 Å². The summed E-state index contributed by atoms with van der Waals surface area (Å²) in [5.74, 6) is 0. The number of benzene rings is 2. The molecular weight excluding hydrogens is 258 g/mol. The SMILES string of the molecule is Nc1cc(S(=O)(=O)c2ccccc2)ccc1Cl. The number of nitrogen functional groups attached to an aromatic ring is 1. The lowest BCUT2D eigenvalue weighted by molar-refractivity contribution is 0.596. The molecule has 0 amide bonds. The van der Waals surface area contributed by atoms with Gasteiger partial charge in [-0.2, -0.15) is 0 Å². The molecule has 17 heavy (non-hydrogen) atoms. The molecule has 0 aromatic heterocycles. The van der Waals surface area contributed by atoms with Gasteiger partial charge < -0.3 is 5.73 Å². The Balaban J connectivity index is 2.57. The number of anilines is 1. The summed E-state index contributed by atoms with van der Waals surface area (Å²) in [4.78, 5) is 0.382. The van der Waals surface area contributed by atoms with Crippen molar-refractivity contribution in [3.05, 3.63) is 53.6 Å². The molecule has 2 N–H and O–H groups in total. The second-order valence-corrected chi connectivity index (χ2v) is 5.86. The van der Waals surface area contributed by atoms with Crippen LogP contribution in [0.1, 0.15) is 0 Å². The molecule has 0 aliphatic carbocycles. The maximum absolute atomic E-state index is 12.2. The molecule has 2 aromatic rings. The Morgan fingerprint density at radius 3 is 2.18 bits per heavy atom. The van der Waals surface area contributed by atoms with Crippen LogP contribution in [0.2, 0.25) is 5.02 Å². The average molecular weight is 268 g/mol. The fourth-order valence-electron chi connectivity index (χ4n) is 1.42. The molecule has 0 saturated carbocycles. The molecule has 0 aliphatic heterocycles. The standard InChI is InChI=1S/C12H10ClNO2S/c13-11-7-6-10(8-12(11)14)17(15,16)9-4-2-1-3-5-9/h1-8H,14H2. The molecule has 0 saturated heterocycles. The van der Waals surface area contributed by atoms with Crippen LogP contribution in [-0.2, 0) is 9.84 Å². The molecule has 0 bridgehead atoms. The molecule has 0 radical (unpaired) electrons. The fraction of sp³-hybridized carbons (Fsp3) is 0. The van der Waals surface area contributed by atoms with Gasteiger partial charge in [-0.25, -0.2) is 8.42 Å². The van der Waals surface area contributed by atoms with Crippen molar-refractivity contribution in [3.8, 4) is 0 Å². The van der Waals surface area contributed by atoms with Crippen LogP contribution in [0.15, 0.2) is 58.3 Å². The summed E-state index contributed by atoms with van der Waals surface area (Å²) in [6.45, 7) is 0. The number of halogens is 1. The molecule has 88 valence electrons. The van der Waals surface area contributed by atoms with Crippen LogP contribution in [0.5, 0.6) is 0 Å². The van der Waals surface area contributed by atoms with Gasteiger partial charge in [0.1, 0.15) is 0 Å². The van der Waals surface area contributed by atoms with E-state index in [1.165, 1.54) is 18.2 Å². The average Bonchev–Trinajstić information content (AvgIpc) is 2.33. The van der Waals surface area contributed by atoms with Crippen LogP contribution in [0.25, 0.3) is 0 Å². The van der Waals surface area contributed by atoms with Gasteiger partial charge in [-0.15, -0.1) is 0 Å². The van der Waals surface area contributed by atoms with E-state index in [0.717, 1.165) is 0 Å². The van der Waals surface area contributed by atoms with E-state index in [0.29, 0.717) is 5.02 Å². The van der Waals surface area contributed by atoms with Crippen molar-refractivity contribution in [1.82, 2.24) is 0 Å². The summed E-state index contributed by atoms with van der Waals surface area (Å²) in [5.41, 5.74) is 5.85. The molecule has 2 aromatic carbocycles. The van der Waals surface area contributed by atoms with E-state index in [-0.39, 0.29) is 15.5 Å². The highest BCUT2D eigenvalue weighted by Crippen LogP contribution is 2.26. The Kier molecular flexibility index (Phi) is 3.09. The highest BCUT2D eigenvalue weighted by molar-refractivity contribution is 7.91. The molecule has 0 aliphatic rings. The third kappa shape index (κ3) is 2.28. The monoisotopic (exact) mass is 267 g/mol. The predicted octanol–water partition coefficient (Wildman–Crippen LogP) is 2.76. The van der Waals surface area contributed by atoms with E-state index >= 15 is 0 Å². The normalized spacial score (nSPS) is 11.4. The molecular formula is C12H10ClNO2S. The van der Waals surface area contributed by atoms with Crippen molar-refractivity contribution in [2.24, 2.45) is 0 Å². The number of hydrogen-bond donors (Lipinski definition) is 1. The van der Waals surface area contributed by atoms with Gasteiger partial charge in [0.15, 0.2) is 0 Å². The highest BCUT2D eigenvalue weighted by Gasteiger charge is 2.17. The third-order valence-corrected chi connectivity index (χ3v) is 4.44. The Labute approximate surface area is 105 Å². The second kappa shape index (κ2) is 4.39. The van der Waals surface area contributed by atoms with Gasteiger partial charge >= 0.3 is 0 Å². The predicted molar refractivity (Wildman–Crippen MR) is 67.8 cm³/mol. The van der Waals surface area contributed by atoms with Gasteiger partial charge in [0.25, 0.3) is 0 Å². The largest absolute Gasteiger partial charge is 0.397 e. The van der Waals surface area contributed by atoms with E-state index < -0.39 is 9.84 Å². The van der Waals surface area contributed by atoms with E-state index in [1.54, 1.807) is 30.3 Å². The van der Waals surface area contributed by atoms with Crippen LogP contribution in [-0.4, -0.2) is 8.42 Å². The first-order valence-corrected chi connectivity index (χ1v) is 6.73. The minimum absolute atomic E-state index is 0.144. The summed E-state index contributed by atoms with van der Waals surface area (Å²) in [7, 11) is -3.52. The Morgan fingerprint density at radius 2 is 1.59 bits per heavy atom. The highest BCUT2D eigenvalue weighted by atomic mass is 35.5. The van der Waals surface area contributed by atoms with Crippen LogP contribution >= 0.6 is 11.6 Å². The molecule has 0 heterocycles. The van der Waals surface area contributed by atoms with E-state index in [4.69, 9.17) is 17.3 Å². The number of sulfone groups is 1. The lowest BCUT2D eigenvalue weighted by Gasteiger charge is -2.06. The topological polar surface area (TPSA) is 60.2 Å². The summed E-state index contributed by atoms with van der Waals surface area (Å²) < 4.78 is 24.4. The quantitative estimate of drug-likeness (QED) is 0.851. The maximum atomic E-state index is 12.2. The molecule has 0 fully saturated rings.